The van der Waals surface area contributed by atoms with Gasteiger partial charge in [0.2, 0.25) is 5.91 Å². The summed E-state index contributed by atoms with van der Waals surface area (Å²) in [6.07, 6.45) is 1.89. The fraction of sp³-hybridized carbons (Fsp3) is 0.636. The Kier molecular flexibility index (Phi) is 6.18. The highest BCUT2D eigenvalue weighted by molar-refractivity contribution is 8.17. The van der Waals surface area contributed by atoms with Gasteiger partial charge in [-0.3, -0.25) is 10.2 Å². The van der Waals surface area contributed by atoms with E-state index in [9.17, 15) is 4.79 Å². The fourth-order valence-electron chi connectivity index (χ4n) is 0.627. The van der Waals surface area contributed by atoms with E-state index < -0.39 is 4.75 Å². The van der Waals surface area contributed by atoms with Crippen LogP contribution in [-0.4, -0.2) is 22.1 Å². The van der Waals surface area contributed by atoms with Gasteiger partial charge in [-0.15, -0.1) is 11.8 Å². The lowest BCUT2D eigenvalue weighted by Crippen LogP contribution is -2.41. The first-order valence-corrected chi connectivity index (χ1v) is 7.02. The summed E-state index contributed by atoms with van der Waals surface area (Å²) in [5, 5.41) is 10.5. The molecule has 2 N–H and O–H groups in total. The van der Waals surface area contributed by atoms with Crippen molar-refractivity contribution >= 4 is 34.6 Å². The summed E-state index contributed by atoms with van der Waals surface area (Å²) in [5.41, 5.74) is 1.16. The molecule has 0 aromatic carbocycles. The summed E-state index contributed by atoms with van der Waals surface area (Å²) < 4.78 is -0.494. The molecule has 0 fully saturated rings. The Morgan fingerprint density at radius 3 is 2.12 bits per heavy atom. The summed E-state index contributed by atoms with van der Waals surface area (Å²) >= 11 is 2.76. The largest absolute Gasteiger partial charge is 0.304 e. The first-order valence-electron chi connectivity index (χ1n) is 4.97. The molecule has 0 aromatic rings. The van der Waals surface area contributed by atoms with Crippen molar-refractivity contribution in [2.45, 2.75) is 39.4 Å². The molecule has 0 bridgehead atoms. The van der Waals surface area contributed by atoms with Crippen LogP contribution < -0.4 is 5.32 Å². The van der Waals surface area contributed by atoms with Gasteiger partial charge in [-0.2, -0.15) is 0 Å². The second kappa shape index (κ2) is 6.35. The normalized spacial score (nSPS) is 10.9. The molecule has 0 radical (unpaired) electrons. The molecule has 0 aliphatic heterocycles. The van der Waals surface area contributed by atoms with Crippen LogP contribution in [0.15, 0.2) is 10.5 Å². The van der Waals surface area contributed by atoms with E-state index in [-0.39, 0.29) is 11.1 Å². The summed E-state index contributed by atoms with van der Waals surface area (Å²) in [5.74, 6) is -0.126. The molecule has 0 unspecified atom stereocenters. The summed E-state index contributed by atoms with van der Waals surface area (Å²) in [6, 6.07) is 0. The van der Waals surface area contributed by atoms with Crippen LogP contribution in [0.25, 0.3) is 0 Å². The van der Waals surface area contributed by atoms with Crippen LogP contribution in [0.5, 0.6) is 0 Å². The van der Waals surface area contributed by atoms with Gasteiger partial charge in [-0.25, -0.2) is 0 Å². The zero-order chi connectivity index (χ0) is 12.9. The Bertz CT molecular complexity index is 318. The molecular formula is C11H20N2OS2. The molecule has 0 heterocycles. The van der Waals surface area contributed by atoms with Crippen molar-refractivity contribution in [2.75, 3.05) is 6.26 Å². The molecule has 0 saturated carbocycles. The predicted molar refractivity (Wildman–Crippen MR) is 75.1 cm³/mol. The van der Waals surface area contributed by atoms with Gasteiger partial charge in [0.15, 0.2) is 5.17 Å². The van der Waals surface area contributed by atoms with Crippen molar-refractivity contribution in [3.8, 4) is 0 Å². The highest BCUT2D eigenvalue weighted by Crippen LogP contribution is 2.23. The minimum absolute atomic E-state index is 0.126. The van der Waals surface area contributed by atoms with E-state index >= 15 is 0 Å². The molecule has 1 amide bonds. The van der Waals surface area contributed by atoms with E-state index in [1.807, 2.05) is 40.9 Å². The Morgan fingerprint density at radius 1 is 1.25 bits per heavy atom. The van der Waals surface area contributed by atoms with E-state index in [2.05, 4.69) is 5.32 Å². The van der Waals surface area contributed by atoms with Gasteiger partial charge >= 0.3 is 0 Å². The minimum atomic E-state index is -0.494. The number of nitrogens with one attached hydrogen (secondary N) is 2. The van der Waals surface area contributed by atoms with Crippen molar-refractivity contribution in [3.05, 3.63) is 10.5 Å². The van der Waals surface area contributed by atoms with Gasteiger partial charge in [-0.05, 0) is 45.8 Å². The number of carbonyl (C=O) groups excluding carboxylic acids is 1. The molecule has 5 heteroatoms. The number of rotatable bonds is 3. The van der Waals surface area contributed by atoms with Gasteiger partial charge in [0, 0.05) is 0 Å². The topological polar surface area (TPSA) is 53.0 Å². The Morgan fingerprint density at radius 2 is 1.75 bits per heavy atom. The second-order valence-electron chi connectivity index (χ2n) is 4.16. The zero-order valence-corrected chi connectivity index (χ0v) is 12.4. The molecule has 16 heavy (non-hydrogen) atoms. The average Bonchev–Trinajstić information content (AvgIpc) is 2.17. The van der Waals surface area contributed by atoms with Crippen LogP contribution in [-0.2, 0) is 4.79 Å². The highest BCUT2D eigenvalue weighted by atomic mass is 32.2. The third kappa shape index (κ3) is 5.07. The van der Waals surface area contributed by atoms with Crippen molar-refractivity contribution in [1.82, 2.24) is 5.32 Å². The van der Waals surface area contributed by atoms with E-state index in [0.29, 0.717) is 0 Å². The van der Waals surface area contributed by atoms with Crippen LogP contribution in [0.1, 0.15) is 34.6 Å². The third-order valence-corrected chi connectivity index (χ3v) is 4.47. The smallest absolute Gasteiger partial charge is 0.241 e. The molecule has 0 saturated heterocycles. The molecule has 0 aliphatic rings. The minimum Gasteiger partial charge on any atom is -0.304 e. The number of thioether (sulfide) groups is 2. The Labute approximate surface area is 106 Å². The lowest BCUT2D eigenvalue weighted by atomic mass is 10.2. The number of hydrogen-bond acceptors (Lipinski definition) is 4. The fourth-order valence-corrected chi connectivity index (χ4v) is 1.52. The van der Waals surface area contributed by atoms with E-state index in [0.717, 1.165) is 10.5 Å². The number of carbonyl (C=O) groups is 1. The van der Waals surface area contributed by atoms with Crippen molar-refractivity contribution in [2.24, 2.45) is 0 Å². The molecular weight excluding hydrogens is 240 g/mol. The standard InChI is InChI=1S/C11H20N2OS2/c1-7(2)8(3)16-10(12)13-9(14)11(4,5)15-6/h1-6H3,(H2,12,13,14). The number of amides is 1. The Balaban J connectivity index is 4.39. The summed E-state index contributed by atoms with van der Waals surface area (Å²) in [6.45, 7) is 9.62. The quantitative estimate of drug-likeness (QED) is 0.605. The maximum absolute atomic E-state index is 11.8. The molecule has 3 nitrogen and oxygen atoms in total. The van der Waals surface area contributed by atoms with Crippen LogP contribution in [0.4, 0.5) is 0 Å². The predicted octanol–water partition coefficient (Wildman–Crippen LogP) is 3.23. The molecule has 0 rings (SSSR count). The number of amidine groups is 1. The lowest BCUT2D eigenvalue weighted by Gasteiger charge is -2.20. The lowest BCUT2D eigenvalue weighted by molar-refractivity contribution is -0.121. The molecule has 92 valence electrons. The zero-order valence-electron chi connectivity index (χ0n) is 10.7. The monoisotopic (exact) mass is 260 g/mol. The summed E-state index contributed by atoms with van der Waals surface area (Å²) in [7, 11) is 0. The second-order valence-corrected chi connectivity index (χ2v) is 6.81. The van der Waals surface area contributed by atoms with E-state index in [1.54, 1.807) is 0 Å². The molecule has 0 spiro atoms. The van der Waals surface area contributed by atoms with E-state index in [1.165, 1.54) is 23.5 Å². The van der Waals surface area contributed by atoms with Crippen LogP contribution >= 0.6 is 23.5 Å². The van der Waals surface area contributed by atoms with Crippen LogP contribution in [0.3, 0.4) is 0 Å². The SMILES string of the molecule is CSC(C)(C)C(=O)NC(=N)SC(C)=C(C)C. The molecule has 0 atom stereocenters. The van der Waals surface area contributed by atoms with Gasteiger partial charge in [0.25, 0.3) is 0 Å². The number of allylic oxidation sites excluding steroid dienone is 2. The maximum Gasteiger partial charge on any atom is 0.241 e. The molecule has 0 aromatic heterocycles. The van der Waals surface area contributed by atoms with E-state index in [4.69, 9.17) is 5.41 Å². The maximum atomic E-state index is 11.8. The van der Waals surface area contributed by atoms with Crippen molar-refractivity contribution in [1.29, 1.82) is 5.41 Å². The average molecular weight is 260 g/mol. The van der Waals surface area contributed by atoms with Crippen molar-refractivity contribution < 1.29 is 4.79 Å². The van der Waals surface area contributed by atoms with Gasteiger partial charge in [0.1, 0.15) is 0 Å². The van der Waals surface area contributed by atoms with Gasteiger partial charge < -0.3 is 5.32 Å². The van der Waals surface area contributed by atoms with Gasteiger partial charge in [-0.1, -0.05) is 17.3 Å². The first kappa shape index (κ1) is 15.6. The van der Waals surface area contributed by atoms with Crippen LogP contribution in [0.2, 0.25) is 0 Å². The van der Waals surface area contributed by atoms with Crippen molar-refractivity contribution in [3.63, 3.8) is 0 Å². The van der Waals surface area contributed by atoms with Gasteiger partial charge in [0.05, 0.1) is 4.75 Å². The third-order valence-electron chi connectivity index (χ3n) is 2.24. The Hall–Kier alpha value is -0.420. The van der Waals surface area contributed by atoms with Crippen LogP contribution in [0, 0.1) is 5.41 Å². The summed E-state index contributed by atoms with van der Waals surface area (Å²) in [4.78, 5) is 12.8. The molecule has 0 aliphatic carbocycles. The number of hydrogen-bond donors (Lipinski definition) is 2. The highest BCUT2D eigenvalue weighted by Gasteiger charge is 2.27. The first-order chi connectivity index (χ1) is 7.20.